The van der Waals surface area contributed by atoms with E-state index in [1.165, 1.54) is 0 Å². The van der Waals surface area contributed by atoms with Crippen LogP contribution in [0.1, 0.15) is 92.9 Å². The van der Waals surface area contributed by atoms with E-state index in [1.54, 1.807) is 80.5 Å². The average Bonchev–Trinajstić information content (AvgIpc) is 1.63. The zero-order valence-corrected chi connectivity index (χ0v) is 60.5. The Balaban J connectivity index is 0.000000210. The molecule has 0 bridgehead atoms. The number of imide groups is 1. The molecule has 4 N–H and O–H groups in total. The molecule has 1 atom stereocenters. The van der Waals surface area contributed by atoms with E-state index >= 15 is 0 Å². The van der Waals surface area contributed by atoms with E-state index in [2.05, 4.69) is 35.6 Å². The number of hydrogen-bond donors (Lipinski definition) is 4. The molecule has 5 heterocycles. The maximum atomic E-state index is 12.9. The molecule has 0 radical (unpaired) electrons. The number of rotatable bonds is 17. The number of nitrogens with zero attached hydrogens (tertiary/aromatic N) is 7. The Morgan fingerprint density at radius 1 is 0.438 bits per heavy atom. The third-order valence-electron chi connectivity index (χ3n) is 15.4. The minimum absolute atomic E-state index is 0.000505. The number of carbonyl (C=O) groups is 9. The van der Waals surface area contributed by atoms with Crippen LogP contribution in [0.15, 0.2) is 72.8 Å². The lowest BCUT2D eigenvalue weighted by molar-refractivity contribution is -0.158. The van der Waals surface area contributed by atoms with Crippen molar-refractivity contribution >= 4 is 169 Å². The summed E-state index contributed by atoms with van der Waals surface area (Å²) in [4.78, 5) is 122. The molecule has 30 heteroatoms. The van der Waals surface area contributed by atoms with Crippen LogP contribution in [0.5, 0.6) is 0 Å². The summed E-state index contributed by atoms with van der Waals surface area (Å²) < 4.78 is 10.4. The van der Waals surface area contributed by atoms with Crippen LogP contribution in [0.2, 0.25) is 40.2 Å². The van der Waals surface area contributed by atoms with Crippen LogP contribution < -0.4 is 35.6 Å². The average molecular weight is 1490 g/mol. The fraction of sp³-hybridized carbons (Fsp3) is 0.500. The first-order valence-corrected chi connectivity index (χ1v) is 34.3. The van der Waals surface area contributed by atoms with Crippen molar-refractivity contribution in [3.63, 3.8) is 0 Å². The quantitative estimate of drug-likeness (QED) is 0.0436. The summed E-state index contributed by atoms with van der Waals surface area (Å²) in [6.07, 6.45) is -0.577. The number of piperazine rings is 4. The SMILES string of the molecule is CC(C)(C)OC(=O)CC(=O)CCC(=O)N1CCN(c2cc(Cl)cc(Cl)c2)CC1.CC(C)(C)OC(=O)CC1(CCC(=O)N2CCN(c3cc(Cl)cc(Cl)c3)CC2)NC(=O)NC1=O.Clc1cc(Cl)cc(N2CCNCC2)c1.O=C(O)CCC(=O)N1CCN(c2cc(Cl)cc(Cl)c2)CC1. The van der Waals surface area contributed by atoms with Crippen LogP contribution in [0.25, 0.3) is 0 Å². The number of aliphatic carboxylic acids is 1. The highest BCUT2D eigenvalue weighted by atomic mass is 35.5. The van der Waals surface area contributed by atoms with Gasteiger partial charge in [0, 0.05) is 193 Å². The second kappa shape index (κ2) is 36.6. The van der Waals surface area contributed by atoms with Gasteiger partial charge in [-0.1, -0.05) is 92.8 Å². The first-order chi connectivity index (χ1) is 45.1. The number of benzene rings is 4. The van der Waals surface area contributed by atoms with E-state index in [9.17, 15) is 43.2 Å². The molecule has 4 aromatic carbocycles. The fourth-order valence-electron chi connectivity index (χ4n) is 10.9. The summed E-state index contributed by atoms with van der Waals surface area (Å²) in [5, 5.41) is 21.4. The highest BCUT2D eigenvalue weighted by Crippen LogP contribution is 2.31. The van der Waals surface area contributed by atoms with Crippen molar-refractivity contribution < 1.29 is 57.7 Å². The Bertz CT molecular complexity index is 3340. The second-order valence-corrected chi connectivity index (χ2v) is 28.8. The molecule has 0 spiro atoms. The van der Waals surface area contributed by atoms with Crippen LogP contribution in [0.3, 0.4) is 0 Å². The molecule has 0 aromatic heterocycles. The number of Topliss-reactive ketones (excluding diaryl/α,β-unsaturated/α-hetero) is 1. The molecular weight excluding hydrogens is 1410 g/mol. The van der Waals surface area contributed by atoms with Gasteiger partial charge in [-0.25, -0.2) is 4.79 Å². The molecule has 5 aliphatic rings. The lowest BCUT2D eigenvalue weighted by Crippen LogP contribution is -2.52. The summed E-state index contributed by atoms with van der Waals surface area (Å²) in [7, 11) is 0. The number of halogens is 8. The minimum atomic E-state index is -1.51. The number of urea groups is 1. The maximum Gasteiger partial charge on any atom is 0.322 e. The van der Waals surface area contributed by atoms with Crippen molar-refractivity contribution in [3.05, 3.63) is 113 Å². The standard InChI is InChI=1S/C22H28Cl2N4O5.C20H26Cl2N2O4.C14H16Cl2N2O3.C10H12Cl2N2/c1-21(2,3)33-18(30)13-22(19(31)25-20(32)26-22)5-4-17(29)28-8-6-27(7-9-28)16-11-14(23)10-15(24)12-16;1-20(2,3)28-19(27)13-17(25)4-5-18(26)24-8-6-23(7-9-24)16-11-14(21)10-15(22)12-16;15-10-7-11(16)9-12(8-10)17-3-5-18(6-4-17)13(19)1-2-14(20)21;11-8-5-9(12)7-10(6-8)14-3-1-13-2-4-14/h10-12H,4-9,13H2,1-3H3,(H2,25,26,31,32);10-12H,4-9,13H2,1-3H3;7-9H,1-6H2,(H,20,21);5-7,13H,1-4H2. The van der Waals surface area contributed by atoms with Crippen LogP contribution in [-0.4, -0.2) is 195 Å². The Hall–Kier alpha value is -6.21. The summed E-state index contributed by atoms with van der Waals surface area (Å²) in [5.41, 5.74) is 1.00. The third-order valence-corrected chi connectivity index (χ3v) is 17.2. The largest absolute Gasteiger partial charge is 0.481 e. The van der Waals surface area contributed by atoms with E-state index in [0.717, 1.165) is 48.9 Å². The van der Waals surface area contributed by atoms with Crippen molar-refractivity contribution in [1.82, 2.24) is 30.7 Å². The molecule has 5 saturated heterocycles. The summed E-state index contributed by atoms with van der Waals surface area (Å²) in [6.45, 7) is 21.5. The van der Waals surface area contributed by atoms with E-state index < -0.39 is 46.6 Å². The molecule has 6 amide bonds. The normalized spacial score (nSPS) is 17.3. The molecular formula is C66H82Cl8N10O12. The molecule has 9 rings (SSSR count). The summed E-state index contributed by atoms with van der Waals surface area (Å²) in [5.74, 6) is -3.39. The monoisotopic (exact) mass is 1490 g/mol. The Morgan fingerprint density at radius 2 is 0.750 bits per heavy atom. The second-order valence-electron chi connectivity index (χ2n) is 25.3. The van der Waals surface area contributed by atoms with Gasteiger partial charge in [-0.15, -0.1) is 0 Å². The number of carboxylic acid groups (broad SMARTS) is 1. The number of esters is 2. The number of amides is 6. The Labute approximate surface area is 600 Å². The Kier molecular flexibility index (Phi) is 30.0. The lowest BCUT2D eigenvalue weighted by Gasteiger charge is -2.36. The number of anilines is 4. The smallest absolute Gasteiger partial charge is 0.322 e. The zero-order chi connectivity index (χ0) is 70.7. The predicted octanol–water partition coefficient (Wildman–Crippen LogP) is 11.4. The zero-order valence-electron chi connectivity index (χ0n) is 54.5. The van der Waals surface area contributed by atoms with Gasteiger partial charge < -0.3 is 59.5 Å². The number of ketones is 1. The molecule has 5 aliphatic heterocycles. The van der Waals surface area contributed by atoms with Crippen LogP contribution in [0, 0.1) is 0 Å². The molecule has 1 unspecified atom stereocenters. The van der Waals surface area contributed by atoms with E-state index in [1.807, 2.05) is 48.5 Å². The number of carbonyl (C=O) groups excluding carboxylic acids is 8. The van der Waals surface area contributed by atoms with Gasteiger partial charge in [-0.3, -0.25) is 43.7 Å². The fourth-order valence-corrected chi connectivity index (χ4v) is 12.9. The minimum Gasteiger partial charge on any atom is -0.481 e. The van der Waals surface area contributed by atoms with Crippen molar-refractivity contribution in [2.45, 2.75) is 110 Å². The van der Waals surface area contributed by atoms with Gasteiger partial charge in [0.15, 0.2) is 0 Å². The first kappa shape index (κ1) is 78.8. The van der Waals surface area contributed by atoms with Gasteiger partial charge in [-0.05, 0) is 121 Å². The Morgan fingerprint density at radius 3 is 1.06 bits per heavy atom. The molecule has 0 aliphatic carbocycles. The highest BCUT2D eigenvalue weighted by Gasteiger charge is 2.49. The number of ether oxygens (including phenoxy) is 2. The van der Waals surface area contributed by atoms with Gasteiger partial charge in [0.25, 0.3) is 5.91 Å². The molecule has 0 saturated carbocycles. The van der Waals surface area contributed by atoms with Gasteiger partial charge >= 0.3 is 23.9 Å². The van der Waals surface area contributed by atoms with Crippen LogP contribution >= 0.6 is 92.8 Å². The van der Waals surface area contributed by atoms with E-state index in [-0.39, 0.29) is 74.9 Å². The van der Waals surface area contributed by atoms with Crippen LogP contribution in [0.4, 0.5) is 27.5 Å². The number of nitrogens with one attached hydrogen (secondary N) is 3. The van der Waals surface area contributed by atoms with E-state index in [4.69, 9.17) is 107 Å². The molecule has 22 nitrogen and oxygen atoms in total. The van der Waals surface area contributed by atoms with Crippen molar-refractivity contribution in [1.29, 1.82) is 0 Å². The molecule has 4 aromatic rings. The van der Waals surface area contributed by atoms with Gasteiger partial charge in [-0.2, -0.15) is 0 Å². The lowest BCUT2D eigenvalue weighted by atomic mass is 9.89. The highest BCUT2D eigenvalue weighted by molar-refractivity contribution is 6.36. The van der Waals surface area contributed by atoms with Gasteiger partial charge in [0.2, 0.25) is 17.7 Å². The number of hydrogen-bond acceptors (Lipinski definition) is 16. The summed E-state index contributed by atoms with van der Waals surface area (Å²) >= 11 is 48.1. The first-order valence-electron chi connectivity index (χ1n) is 31.3. The van der Waals surface area contributed by atoms with Gasteiger partial charge in [0.05, 0.1) is 12.8 Å². The van der Waals surface area contributed by atoms with E-state index in [0.29, 0.717) is 119 Å². The maximum absolute atomic E-state index is 12.9. The van der Waals surface area contributed by atoms with Crippen molar-refractivity contribution in [2.75, 3.05) is 124 Å². The molecule has 96 heavy (non-hydrogen) atoms. The van der Waals surface area contributed by atoms with Gasteiger partial charge in [0.1, 0.15) is 28.9 Å². The molecule has 5 fully saturated rings. The third kappa shape index (κ3) is 26.6. The predicted molar refractivity (Wildman–Crippen MR) is 378 cm³/mol. The topological polar surface area (TPSA) is 251 Å². The van der Waals surface area contributed by atoms with Crippen molar-refractivity contribution in [2.24, 2.45) is 0 Å². The number of carboxylic acids is 1. The summed E-state index contributed by atoms with van der Waals surface area (Å²) in [6, 6.07) is 21.0. The molecule has 524 valence electrons. The van der Waals surface area contributed by atoms with Crippen LogP contribution in [-0.2, 0) is 47.8 Å². The van der Waals surface area contributed by atoms with Crippen molar-refractivity contribution in [3.8, 4) is 0 Å².